The van der Waals surface area contributed by atoms with Crippen LogP contribution < -0.4 is 5.32 Å². The molecule has 0 spiro atoms. The summed E-state index contributed by atoms with van der Waals surface area (Å²) in [6.45, 7) is 13.7. The molecule has 0 bridgehead atoms. The van der Waals surface area contributed by atoms with Crippen molar-refractivity contribution >= 4 is 5.91 Å². The molecule has 2 aromatic rings. The second-order valence-electron chi connectivity index (χ2n) is 8.46. The third-order valence-corrected chi connectivity index (χ3v) is 4.29. The molecule has 0 aliphatic heterocycles. The molecule has 2 rings (SSSR count). The zero-order valence-corrected chi connectivity index (χ0v) is 15.7. The fourth-order valence-electron chi connectivity index (χ4n) is 2.53. The molecule has 128 valence electrons. The first kappa shape index (κ1) is 18.3. The van der Waals surface area contributed by atoms with Gasteiger partial charge in [-0.3, -0.25) is 4.79 Å². The first-order valence-corrected chi connectivity index (χ1v) is 8.55. The number of rotatable bonds is 3. The van der Waals surface area contributed by atoms with E-state index in [0.29, 0.717) is 12.1 Å². The van der Waals surface area contributed by atoms with E-state index in [2.05, 4.69) is 71.1 Å². The monoisotopic (exact) mass is 323 g/mol. The second kappa shape index (κ2) is 6.80. The number of hydrogen-bond acceptors (Lipinski definition) is 1. The van der Waals surface area contributed by atoms with Crippen molar-refractivity contribution in [3.8, 4) is 0 Å². The summed E-state index contributed by atoms with van der Waals surface area (Å²) in [6.07, 6.45) is 0. The number of benzene rings is 2. The van der Waals surface area contributed by atoms with E-state index >= 15 is 0 Å². The van der Waals surface area contributed by atoms with Crippen molar-refractivity contribution in [3.05, 3.63) is 70.8 Å². The summed E-state index contributed by atoms with van der Waals surface area (Å²) in [7, 11) is 0. The zero-order valence-electron chi connectivity index (χ0n) is 15.7. The highest BCUT2D eigenvalue weighted by atomic mass is 16.1. The van der Waals surface area contributed by atoms with Crippen LogP contribution in [0.3, 0.4) is 0 Å². The third kappa shape index (κ3) is 4.70. The molecule has 2 nitrogen and oxygen atoms in total. The Bertz CT molecular complexity index is 683. The molecule has 2 heteroatoms. The van der Waals surface area contributed by atoms with Gasteiger partial charge in [-0.25, -0.2) is 0 Å². The van der Waals surface area contributed by atoms with E-state index in [1.54, 1.807) is 0 Å². The van der Waals surface area contributed by atoms with Crippen LogP contribution in [0.25, 0.3) is 0 Å². The number of carbonyl (C=O) groups excluding carboxylic acids is 1. The van der Waals surface area contributed by atoms with Crippen molar-refractivity contribution in [2.24, 2.45) is 0 Å². The van der Waals surface area contributed by atoms with Crippen molar-refractivity contribution in [2.45, 2.75) is 58.9 Å². The molecular formula is C22H29NO. The molecule has 0 atom stereocenters. The zero-order chi connectivity index (χ0) is 18.0. The minimum absolute atomic E-state index is 0.0321. The average molecular weight is 323 g/mol. The van der Waals surface area contributed by atoms with Crippen LogP contribution in [0.15, 0.2) is 48.5 Å². The lowest BCUT2D eigenvalue weighted by Crippen LogP contribution is -2.23. The summed E-state index contributed by atoms with van der Waals surface area (Å²) in [5.41, 5.74) is 4.60. The largest absolute Gasteiger partial charge is 0.348 e. The molecular weight excluding hydrogens is 294 g/mol. The summed E-state index contributed by atoms with van der Waals surface area (Å²) < 4.78 is 0. The third-order valence-electron chi connectivity index (χ3n) is 4.29. The summed E-state index contributed by atoms with van der Waals surface area (Å²) in [6, 6.07) is 16.3. The van der Waals surface area contributed by atoms with E-state index in [4.69, 9.17) is 0 Å². The Morgan fingerprint density at radius 1 is 0.750 bits per heavy atom. The topological polar surface area (TPSA) is 29.1 Å². The Balaban J connectivity index is 1.98. The maximum atomic E-state index is 12.3. The lowest BCUT2D eigenvalue weighted by atomic mass is 9.86. The minimum Gasteiger partial charge on any atom is -0.348 e. The van der Waals surface area contributed by atoms with E-state index in [-0.39, 0.29) is 16.7 Å². The summed E-state index contributed by atoms with van der Waals surface area (Å²) in [4.78, 5) is 12.3. The van der Waals surface area contributed by atoms with Crippen molar-refractivity contribution in [2.75, 3.05) is 0 Å². The van der Waals surface area contributed by atoms with Gasteiger partial charge in [0.2, 0.25) is 0 Å². The highest BCUT2D eigenvalue weighted by Gasteiger charge is 2.15. The molecule has 0 heterocycles. The molecule has 0 saturated heterocycles. The predicted octanol–water partition coefficient (Wildman–Crippen LogP) is 5.21. The minimum atomic E-state index is -0.0321. The molecule has 0 saturated carbocycles. The van der Waals surface area contributed by atoms with Gasteiger partial charge in [0.15, 0.2) is 0 Å². The number of amides is 1. The van der Waals surface area contributed by atoms with Crippen LogP contribution in [-0.4, -0.2) is 5.91 Å². The fraction of sp³-hybridized carbons (Fsp3) is 0.409. The van der Waals surface area contributed by atoms with E-state index in [1.165, 1.54) is 11.1 Å². The summed E-state index contributed by atoms with van der Waals surface area (Å²) in [5, 5.41) is 2.99. The number of nitrogens with one attached hydrogen (secondary N) is 1. The molecule has 0 aromatic heterocycles. The van der Waals surface area contributed by atoms with Gasteiger partial charge in [0.1, 0.15) is 0 Å². The van der Waals surface area contributed by atoms with Crippen LogP contribution in [0.4, 0.5) is 0 Å². The molecule has 1 amide bonds. The quantitative estimate of drug-likeness (QED) is 0.825. The van der Waals surface area contributed by atoms with Gasteiger partial charge in [-0.05, 0) is 39.7 Å². The number of carbonyl (C=O) groups is 1. The molecule has 0 fully saturated rings. The molecule has 24 heavy (non-hydrogen) atoms. The van der Waals surface area contributed by atoms with E-state index < -0.39 is 0 Å². The summed E-state index contributed by atoms with van der Waals surface area (Å²) in [5.74, 6) is -0.0321. The van der Waals surface area contributed by atoms with Crippen molar-refractivity contribution in [1.29, 1.82) is 0 Å². The Hall–Kier alpha value is -2.09. The van der Waals surface area contributed by atoms with E-state index in [0.717, 1.165) is 5.56 Å². The first-order valence-electron chi connectivity index (χ1n) is 8.55. The lowest BCUT2D eigenvalue weighted by Gasteiger charge is -2.19. The fourth-order valence-corrected chi connectivity index (χ4v) is 2.53. The van der Waals surface area contributed by atoms with Crippen molar-refractivity contribution in [1.82, 2.24) is 5.32 Å². The van der Waals surface area contributed by atoms with Crippen LogP contribution in [0, 0.1) is 0 Å². The molecule has 0 unspecified atom stereocenters. The predicted molar refractivity (Wildman–Crippen MR) is 101 cm³/mol. The van der Waals surface area contributed by atoms with Gasteiger partial charge < -0.3 is 5.32 Å². The van der Waals surface area contributed by atoms with Crippen molar-refractivity contribution in [3.63, 3.8) is 0 Å². The van der Waals surface area contributed by atoms with Gasteiger partial charge in [0.25, 0.3) is 5.91 Å². The molecule has 0 aliphatic rings. The van der Waals surface area contributed by atoms with Gasteiger partial charge in [-0.15, -0.1) is 0 Å². The van der Waals surface area contributed by atoms with Crippen LogP contribution in [0.2, 0.25) is 0 Å². The van der Waals surface area contributed by atoms with Gasteiger partial charge in [-0.2, -0.15) is 0 Å². The van der Waals surface area contributed by atoms with Gasteiger partial charge >= 0.3 is 0 Å². The van der Waals surface area contributed by atoms with Gasteiger partial charge in [0, 0.05) is 12.1 Å². The Kier molecular flexibility index (Phi) is 5.17. The van der Waals surface area contributed by atoms with Gasteiger partial charge in [-0.1, -0.05) is 77.9 Å². The smallest absolute Gasteiger partial charge is 0.251 e. The van der Waals surface area contributed by atoms with Crippen LogP contribution in [-0.2, 0) is 17.4 Å². The Morgan fingerprint density at radius 2 is 1.17 bits per heavy atom. The summed E-state index contributed by atoms with van der Waals surface area (Å²) >= 11 is 0. The highest BCUT2D eigenvalue weighted by Crippen LogP contribution is 2.23. The highest BCUT2D eigenvalue weighted by molar-refractivity contribution is 5.94. The average Bonchev–Trinajstić information content (AvgIpc) is 2.51. The van der Waals surface area contributed by atoms with Crippen molar-refractivity contribution < 1.29 is 4.79 Å². The second-order valence-corrected chi connectivity index (χ2v) is 8.46. The maximum absolute atomic E-state index is 12.3. The Labute approximate surface area is 146 Å². The molecule has 0 aliphatic carbocycles. The number of hydrogen-bond donors (Lipinski definition) is 1. The maximum Gasteiger partial charge on any atom is 0.251 e. The van der Waals surface area contributed by atoms with E-state index in [9.17, 15) is 4.79 Å². The van der Waals surface area contributed by atoms with Crippen LogP contribution in [0.5, 0.6) is 0 Å². The lowest BCUT2D eigenvalue weighted by molar-refractivity contribution is 0.0951. The standard InChI is InChI=1S/C22H29NO/c1-21(2,3)18-11-7-16(8-12-18)15-23-20(24)17-9-13-19(14-10-17)22(4,5)6/h7-14H,15H2,1-6H3,(H,23,24). The molecule has 0 radical (unpaired) electrons. The molecule has 1 N–H and O–H groups in total. The SMILES string of the molecule is CC(C)(C)c1ccc(CNC(=O)c2ccc(C(C)(C)C)cc2)cc1. The van der Waals surface area contributed by atoms with E-state index in [1.807, 2.05) is 24.3 Å². The van der Waals surface area contributed by atoms with Crippen LogP contribution >= 0.6 is 0 Å². The Morgan fingerprint density at radius 3 is 1.58 bits per heavy atom. The van der Waals surface area contributed by atoms with Gasteiger partial charge in [0.05, 0.1) is 0 Å². The molecule has 2 aromatic carbocycles. The van der Waals surface area contributed by atoms with Crippen LogP contribution in [0.1, 0.15) is 68.6 Å². The first-order chi connectivity index (χ1) is 11.1. The normalized spacial score (nSPS) is 12.1.